The summed E-state index contributed by atoms with van der Waals surface area (Å²) in [4.78, 5) is 12.8. The van der Waals surface area contributed by atoms with Gasteiger partial charge in [-0.05, 0) is 24.3 Å². The number of hydrogen-bond donors (Lipinski definition) is 1. The van der Waals surface area contributed by atoms with Crippen molar-refractivity contribution in [1.82, 2.24) is 4.90 Å². The Morgan fingerprint density at radius 3 is 2.59 bits per heavy atom. The molecule has 0 saturated carbocycles. The molecule has 0 aromatic heterocycles. The van der Waals surface area contributed by atoms with Crippen molar-refractivity contribution in [3.63, 3.8) is 0 Å². The van der Waals surface area contributed by atoms with Crippen molar-refractivity contribution in [2.24, 2.45) is 0 Å². The maximum absolute atomic E-state index is 14.2. The third kappa shape index (κ3) is 4.36. The molecule has 27 heavy (non-hydrogen) atoms. The quantitative estimate of drug-likeness (QED) is 0.745. The molecule has 0 spiro atoms. The fraction of sp³-hybridized carbons (Fsp3) is 0.278. The Morgan fingerprint density at radius 1 is 1.11 bits per heavy atom. The molecule has 2 aromatic carbocycles. The number of benzene rings is 2. The van der Waals surface area contributed by atoms with Gasteiger partial charge in [-0.15, -0.1) is 0 Å². The number of rotatable bonds is 7. The number of nitrogen functional groups attached to an aromatic ring is 1. The monoisotopic (exact) mass is 382 g/mol. The molecule has 0 radical (unpaired) electrons. The minimum atomic E-state index is -1.11. The van der Waals surface area contributed by atoms with Crippen LogP contribution in [0.25, 0.3) is 0 Å². The summed E-state index contributed by atoms with van der Waals surface area (Å²) in [6.07, 6.45) is -0.443. The molecule has 1 heterocycles. The molecule has 0 bridgehead atoms. The summed E-state index contributed by atoms with van der Waals surface area (Å²) in [6, 6.07) is 5.89. The summed E-state index contributed by atoms with van der Waals surface area (Å²) in [5.41, 5.74) is 5.19. The van der Waals surface area contributed by atoms with E-state index in [1.165, 1.54) is 23.1 Å². The summed E-state index contributed by atoms with van der Waals surface area (Å²) >= 11 is 0. The number of nitrogens with zero attached hydrogens (tertiary/aromatic N) is 1. The van der Waals surface area contributed by atoms with E-state index >= 15 is 0 Å². The van der Waals surface area contributed by atoms with Crippen LogP contribution >= 0.6 is 0 Å². The molecule has 1 amide bonds. The predicted molar refractivity (Wildman–Crippen MR) is 89.9 cm³/mol. The van der Waals surface area contributed by atoms with E-state index in [2.05, 4.69) is 0 Å². The summed E-state index contributed by atoms with van der Waals surface area (Å²) in [7, 11) is 0. The number of carbonyl (C=O) groups excluding carboxylic acids is 1. The molecule has 144 valence electrons. The van der Waals surface area contributed by atoms with Gasteiger partial charge in [-0.3, -0.25) is 0 Å². The number of hydrogen-bond acceptors (Lipinski definition) is 5. The van der Waals surface area contributed by atoms with Crippen molar-refractivity contribution in [3.05, 3.63) is 53.3 Å². The maximum atomic E-state index is 14.2. The molecule has 3 rings (SSSR count). The van der Waals surface area contributed by atoms with E-state index in [4.69, 9.17) is 19.9 Å². The van der Waals surface area contributed by atoms with E-state index in [1.807, 2.05) is 0 Å². The largest absolute Gasteiger partial charge is 0.491 e. The van der Waals surface area contributed by atoms with Gasteiger partial charge in [-0.2, -0.15) is 0 Å². The van der Waals surface area contributed by atoms with Gasteiger partial charge in [0.2, 0.25) is 0 Å². The fourth-order valence-electron chi connectivity index (χ4n) is 2.51. The minimum Gasteiger partial charge on any atom is -0.491 e. The molecule has 0 unspecified atom stereocenters. The van der Waals surface area contributed by atoms with Crippen LogP contribution in [0.4, 0.5) is 23.7 Å². The molecule has 1 saturated heterocycles. The molecule has 1 aliphatic rings. The molecular formula is C18H17F3N2O4. The molecule has 2 aromatic rings. The van der Waals surface area contributed by atoms with Gasteiger partial charge in [-0.25, -0.2) is 18.0 Å². The lowest BCUT2D eigenvalue weighted by molar-refractivity contribution is 0.152. The van der Waals surface area contributed by atoms with E-state index < -0.39 is 23.5 Å². The van der Waals surface area contributed by atoms with Gasteiger partial charge in [0.1, 0.15) is 37.1 Å². The van der Waals surface area contributed by atoms with Crippen molar-refractivity contribution in [2.45, 2.75) is 6.61 Å². The Bertz CT molecular complexity index is 848. The fourth-order valence-corrected chi connectivity index (χ4v) is 2.51. The number of ether oxygens (including phenoxy) is 3. The van der Waals surface area contributed by atoms with Crippen LogP contribution in [0.2, 0.25) is 0 Å². The SMILES string of the molecule is Nc1cc(OCc2c(OCCN3CCOC3=O)ccc(F)c2F)ccc1F. The molecule has 1 aliphatic heterocycles. The van der Waals surface area contributed by atoms with Crippen molar-refractivity contribution >= 4 is 11.8 Å². The summed E-state index contributed by atoms with van der Waals surface area (Å²) in [5, 5.41) is 0. The lowest BCUT2D eigenvalue weighted by atomic mass is 10.2. The number of anilines is 1. The van der Waals surface area contributed by atoms with E-state index in [1.54, 1.807) is 0 Å². The smallest absolute Gasteiger partial charge is 0.410 e. The Hall–Kier alpha value is -3.10. The lowest BCUT2D eigenvalue weighted by Gasteiger charge is -2.16. The van der Waals surface area contributed by atoms with Gasteiger partial charge < -0.3 is 24.8 Å². The molecule has 0 aliphatic carbocycles. The molecule has 0 atom stereocenters. The average molecular weight is 382 g/mol. The zero-order chi connectivity index (χ0) is 19.4. The van der Waals surface area contributed by atoms with Crippen molar-refractivity contribution < 1.29 is 32.2 Å². The normalized spacial score (nSPS) is 13.6. The Labute approximate surface area is 153 Å². The third-order valence-corrected chi connectivity index (χ3v) is 3.97. The molecular weight excluding hydrogens is 365 g/mol. The van der Waals surface area contributed by atoms with Crippen LogP contribution in [0.1, 0.15) is 5.56 Å². The molecule has 2 N–H and O–H groups in total. The third-order valence-electron chi connectivity index (χ3n) is 3.97. The molecule has 1 fully saturated rings. The van der Waals surface area contributed by atoms with Crippen LogP contribution in [0.15, 0.2) is 30.3 Å². The van der Waals surface area contributed by atoms with Gasteiger partial charge in [0.25, 0.3) is 0 Å². The highest BCUT2D eigenvalue weighted by molar-refractivity contribution is 5.69. The van der Waals surface area contributed by atoms with Crippen molar-refractivity contribution in [1.29, 1.82) is 0 Å². The zero-order valence-electron chi connectivity index (χ0n) is 14.2. The molecule has 6 nitrogen and oxygen atoms in total. The Kier molecular flexibility index (Phi) is 5.58. The summed E-state index contributed by atoms with van der Waals surface area (Å²) < 4.78 is 56.7. The first kappa shape index (κ1) is 18.7. The number of nitrogens with two attached hydrogens (primary N) is 1. The van der Waals surface area contributed by atoms with Crippen LogP contribution in [0.3, 0.4) is 0 Å². The first-order chi connectivity index (χ1) is 13.0. The van der Waals surface area contributed by atoms with E-state index in [9.17, 15) is 18.0 Å². The van der Waals surface area contributed by atoms with Gasteiger partial charge in [0.15, 0.2) is 11.6 Å². The van der Waals surface area contributed by atoms with E-state index in [0.717, 1.165) is 12.1 Å². The van der Waals surface area contributed by atoms with E-state index in [-0.39, 0.29) is 42.5 Å². The second-order valence-corrected chi connectivity index (χ2v) is 5.76. The topological polar surface area (TPSA) is 74.0 Å². The first-order valence-corrected chi connectivity index (χ1v) is 8.15. The van der Waals surface area contributed by atoms with Crippen LogP contribution in [0.5, 0.6) is 11.5 Å². The van der Waals surface area contributed by atoms with Crippen LogP contribution in [-0.2, 0) is 11.3 Å². The number of halogens is 3. The highest BCUT2D eigenvalue weighted by atomic mass is 19.2. The Balaban J connectivity index is 1.68. The highest BCUT2D eigenvalue weighted by Crippen LogP contribution is 2.27. The van der Waals surface area contributed by atoms with Gasteiger partial charge >= 0.3 is 6.09 Å². The number of carbonyl (C=O) groups is 1. The van der Waals surface area contributed by atoms with Gasteiger partial charge in [0.05, 0.1) is 24.3 Å². The first-order valence-electron chi connectivity index (χ1n) is 8.15. The number of amides is 1. The van der Waals surface area contributed by atoms with Crippen LogP contribution in [0, 0.1) is 17.5 Å². The van der Waals surface area contributed by atoms with Crippen LogP contribution in [-0.4, -0.2) is 37.3 Å². The minimum absolute atomic E-state index is 0.0661. The molecule has 9 heteroatoms. The summed E-state index contributed by atoms with van der Waals surface area (Å²) in [5.74, 6) is -2.49. The Morgan fingerprint density at radius 2 is 1.89 bits per heavy atom. The van der Waals surface area contributed by atoms with Crippen molar-refractivity contribution in [2.75, 3.05) is 32.0 Å². The van der Waals surface area contributed by atoms with Gasteiger partial charge in [0, 0.05) is 6.07 Å². The maximum Gasteiger partial charge on any atom is 0.410 e. The second kappa shape index (κ2) is 8.07. The standard InChI is InChI=1S/C18H17F3N2O4/c19-13-2-1-11(9-15(13)22)27-10-12-16(4-3-14(20)17(12)21)25-7-5-23-6-8-26-18(23)24/h1-4,9H,5-8,10,22H2. The van der Waals surface area contributed by atoms with E-state index in [0.29, 0.717) is 13.2 Å². The van der Waals surface area contributed by atoms with Crippen molar-refractivity contribution in [3.8, 4) is 11.5 Å². The average Bonchev–Trinajstić information content (AvgIpc) is 3.05. The van der Waals surface area contributed by atoms with Gasteiger partial charge in [-0.1, -0.05) is 0 Å². The van der Waals surface area contributed by atoms with Crippen LogP contribution < -0.4 is 15.2 Å². The second-order valence-electron chi connectivity index (χ2n) is 5.76. The zero-order valence-corrected chi connectivity index (χ0v) is 14.2. The lowest BCUT2D eigenvalue weighted by Crippen LogP contribution is -2.29. The number of cyclic esters (lactones) is 1. The predicted octanol–water partition coefficient (Wildman–Crippen LogP) is 3.10. The highest BCUT2D eigenvalue weighted by Gasteiger charge is 2.22. The summed E-state index contributed by atoms with van der Waals surface area (Å²) in [6.45, 7) is 0.713.